The van der Waals surface area contributed by atoms with Crippen LogP contribution in [0.15, 0.2) is 47.3 Å². The number of para-hydroxylation sites is 1. The molecule has 98 valence electrons. The molecule has 1 aliphatic heterocycles. The van der Waals surface area contributed by atoms with Crippen LogP contribution < -0.4 is 10.5 Å². The fourth-order valence-corrected chi connectivity index (χ4v) is 2.12. The Morgan fingerprint density at radius 2 is 1.74 bits per heavy atom. The zero-order chi connectivity index (χ0) is 13.1. The first-order chi connectivity index (χ1) is 9.34. The third-order valence-electron chi connectivity index (χ3n) is 3.12. The van der Waals surface area contributed by atoms with Gasteiger partial charge in [0, 0.05) is 19.2 Å². The Bertz CT molecular complexity index is 604. The van der Waals surface area contributed by atoms with E-state index >= 15 is 0 Å². The predicted octanol–water partition coefficient (Wildman–Crippen LogP) is 1.07. The Balaban J connectivity index is 1.98. The first kappa shape index (κ1) is 11.9. The Morgan fingerprint density at radius 1 is 1.00 bits per heavy atom. The summed E-state index contributed by atoms with van der Waals surface area (Å²) in [5.41, 5.74) is 0.658. The van der Waals surface area contributed by atoms with E-state index in [4.69, 9.17) is 4.74 Å². The van der Waals surface area contributed by atoms with E-state index in [0.29, 0.717) is 13.2 Å². The summed E-state index contributed by atoms with van der Waals surface area (Å²) in [6.07, 6.45) is 0. The average Bonchev–Trinajstić information content (AvgIpc) is 2.49. The van der Waals surface area contributed by atoms with Crippen molar-refractivity contribution in [2.45, 2.75) is 0 Å². The van der Waals surface area contributed by atoms with Crippen LogP contribution in [-0.2, 0) is 4.74 Å². The minimum atomic E-state index is -0.122. The molecular formula is C14H15N3O2. The maximum Gasteiger partial charge on any atom is 0.271 e. The van der Waals surface area contributed by atoms with E-state index in [1.807, 2.05) is 30.3 Å². The van der Waals surface area contributed by atoms with Gasteiger partial charge in [-0.2, -0.15) is 4.68 Å². The van der Waals surface area contributed by atoms with Crippen LogP contribution in [0.5, 0.6) is 0 Å². The van der Waals surface area contributed by atoms with Gasteiger partial charge in [0.05, 0.1) is 18.9 Å². The van der Waals surface area contributed by atoms with Crippen LogP contribution >= 0.6 is 0 Å². The quantitative estimate of drug-likeness (QED) is 0.807. The van der Waals surface area contributed by atoms with E-state index < -0.39 is 0 Å². The molecule has 1 aromatic heterocycles. The van der Waals surface area contributed by atoms with Crippen LogP contribution in [0.3, 0.4) is 0 Å². The largest absolute Gasteiger partial charge is 0.378 e. The molecule has 0 radical (unpaired) electrons. The van der Waals surface area contributed by atoms with Crippen molar-refractivity contribution in [1.82, 2.24) is 9.78 Å². The van der Waals surface area contributed by atoms with Crippen LogP contribution in [0.2, 0.25) is 0 Å². The molecule has 0 amide bonds. The summed E-state index contributed by atoms with van der Waals surface area (Å²) >= 11 is 0. The smallest absolute Gasteiger partial charge is 0.271 e. The number of hydrogen-bond donors (Lipinski definition) is 0. The summed E-state index contributed by atoms with van der Waals surface area (Å²) in [7, 11) is 0. The van der Waals surface area contributed by atoms with E-state index in [9.17, 15) is 4.79 Å². The topological polar surface area (TPSA) is 47.4 Å². The van der Waals surface area contributed by atoms with Gasteiger partial charge >= 0.3 is 0 Å². The summed E-state index contributed by atoms with van der Waals surface area (Å²) in [5.74, 6) is 0.812. The third kappa shape index (κ3) is 2.51. The predicted molar refractivity (Wildman–Crippen MR) is 72.9 cm³/mol. The molecule has 1 saturated heterocycles. The zero-order valence-electron chi connectivity index (χ0n) is 10.5. The molecule has 19 heavy (non-hydrogen) atoms. The highest BCUT2D eigenvalue weighted by Gasteiger charge is 2.13. The van der Waals surface area contributed by atoms with Crippen molar-refractivity contribution in [3.63, 3.8) is 0 Å². The average molecular weight is 257 g/mol. The van der Waals surface area contributed by atoms with Gasteiger partial charge < -0.3 is 9.64 Å². The van der Waals surface area contributed by atoms with Crippen LogP contribution in [0, 0.1) is 0 Å². The zero-order valence-corrected chi connectivity index (χ0v) is 10.5. The number of ether oxygens (including phenoxy) is 1. The Morgan fingerprint density at radius 3 is 2.47 bits per heavy atom. The molecule has 0 bridgehead atoms. The van der Waals surface area contributed by atoms with Crippen molar-refractivity contribution in [3.8, 4) is 5.69 Å². The number of anilines is 1. The van der Waals surface area contributed by atoms with Crippen LogP contribution in [0.4, 0.5) is 5.82 Å². The third-order valence-corrected chi connectivity index (χ3v) is 3.12. The van der Waals surface area contributed by atoms with Gasteiger partial charge in [-0.1, -0.05) is 18.2 Å². The summed E-state index contributed by atoms with van der Waals surface area (Å²) in [6, 6.07) is 12.8. The summed E-state index contributed by atoms with van der Waals surface area (Å²) in [5, 5.41) is 4.44. The Labute approximate surface area is 111 Å². The molecule has 5 nitrogen and oxygen atoms in total. The molecule has 2 aromatic rings. The molecule has 0 unspecified atom stereocenters. The van der Waals surface area contributed by atoms with E-state index in [2.05, 4.69) is 10.00 Å². The van der Waals surface area contributed by atoms with Crippen LogP contribution in [0.25, 0.3) is 5.69 Å². The standard InChI is InChI=1S/C14H15N3O2/c18-14-7-6-13(16-8-10-19-11-9-16)15-17(14)12-4-2-1-3-5-12/h1-7H,8-11H2. The molecule has 1 aliphatic rings. The maximum absolute atomic E-state index is 11.9. The van der Waals surface area contributed by atoms with Gasteiger partial charge in [0.1, 0.15) is 5.82 Å². The summed E-state index contributed by atoms with van der Waals surface area (Å²) < 4.78 is 6.76. The number of morpholine rings is 1. The van der Waals surface area contributed by atoms with Gasteiger partial charge in [-0.05, 0) is 18.2 Å². The number of aromatic nitrogens is 2. The van der Waals surface area contributed by atoms with Crippen molar-refractivity contribution in [2.24, 2.45) is 0 Å². The monoisotopic (exact) mass is 257 g/mol. The van der Waals surface area contributed by atoms with Crippen LogP contribution in [-0.4, -0.2) is 36.1 Å². The lowest BCUT2D eigenvalue weighted by Gasteiger charge is -2.27. The lowest BCUT2D eigenvalue weighted by molar-refractivity contribution is 0.122. The SMILES string of the molecule is O=c1ccc(N2CCOCC2)nn1-c1ccccc1. The highest BCUT2D eigenvalue weighted by atomic mass is 16.5. The molecule has 3 rings (SSSR count). The lowest BCUT2D eigenvalue weighted by atomic mass is 10.3. The first-order valence-corrected chi connectivity index (χ1v) is 6.33. The second kappa shape index (κ2) is 5.24. The van der Waals surface area contributed by atoms with Gasteiger partial charge in [-0.3, -0.25) is 4.79 Å². The minimum absolute atomic E-state index is 0.122. The Hall–Kier alpha value is -2.14. The summed E-state index contributed by atoms with van der Waals surface area (Å²) in [6.45, 7) is 3.01. The van der Waals surface area contributed by atoms with Crippen molar-refractivity contribution < 1.29 is 4.74 Å². The number of rotatable bonds is 2. The van der Waals surface area contributed by atoms with Crippen molar-refractivity contribution in [3.05, 3.63) is 52.8 Å². The van der Waals surface area contributed by atoms with E-state index in [0.717, 1.165) is 24.6 Å². The van der Waals surface area contributed by atoms with Gasteiger partial charge in [-0.25, -0.2) is 0 Å². The van der Waals surface area contributed by atoms with Crippen molar-refractivity contribution >= 4 is 5.82 Å². The number of nitrogens with zero attached hydrogens (tertiary/aromatic N) is 3. The highest BCUT2D eigenvalue weighted by molar-refractivity contribution is 5.39. The molecule has 0 atom stereocenters. The van der Waals surface area contributed by atoms with Crippen molar-refractivity contribution in [1.29, 1.82) is 0 Å². The molecule has 2 heterocycles. The molecule has 0 N–H and O–H groups in total. The van der Waals surface area contributed by atoms with E-state index in [1.165, 1.54) is 4.68 Å². The second-order valence-electron chi connectivity index (χ2n) is 4.38. The summed E-state index contributed by atoms with van der Waals surface area (Å²) in [4.78, 5) is 14.0. The van der Waals surface area contributed by atoms with Gasteiger partial charge in [0.2, 0.25) is 0 Å². The second-order valence-corrected chi connectivity index (χ2v) is 4.38. The molecule has 5 heteroatoms. The van der Waals surface area contributed by atoms with Gasteiger partial charge in [0.15, 0.2) is 0 Å². The normalized spacial score (nSPS) is 15.5. The fourth-order valence-electron chi connectivity index (χ4n) is 2.12. The molecule has 0 spiro atoms. The molecule has 0 aliphatic carbocycles. The van der Waals surface area contributed by atoms with E-state index in [-0.39, 0.29) is 5.56 Å². The minimum Gasteiger partial charge on any atom is -0.378 e. The molecule has 1 fully saturated rings. The Kier molecular flexibility index (Phi) is 3.29. The highest BCUT2D eigenvalue weighted by Crippen LogP contribution is 2.11. The van der Waals surface area contributed by atoms with Crippen LogP contribution in [0.1, 0.15) is 0 Å². The van der Waals surface area contributed by atoms with Gasteiger partial charge in [0.25, 0.3) is 5.56 Å². The van der Waals surface area contributed by atoms with Gasteiger partial charge in [-0.15, -0.1) is 5.10 Å². The maximum atomic E-state index is 11.9. The molecule has 1 aromatic carbocycles. The lowest BCUT2D eigenvalue weighted by Crippen LogP contribution is -2.38. The first-order valence-electron chi connectivity index (χ1n) is 6.33. The van der Waals surface area contributed by atoms with E-state index in [1.54, 1.807) is 12.1 Å². The number of benzene rings is 1. The molecular weight excluding hydrogens is 242 g/mol. The fraction of sp³-hybridized carbons (Fsp3) is 0.286. The molecule has 0 saturated carbocycles. The number of hydrogen-bond acceptors (Lipinski definition) is 4. The van der Waals surface area contributed by atoms with Crippen molar-refractivity contribution in [2.75, 3.05) is 31.2 Å².